The van der Waals surface area contributed by atoms with Crippen LogP contribution in [0.4, 0.5) is 0 Å². The molecule has 1 atom stereocenters. The van der Waals surface area contributed by atoms with E-state index in [1.165, 1.54) is 11.3 Å². The zero-order valence-electron chi connectivity index (χ0n) is 10.2. The lowest BCUT2D eigenvalue weighted by Gasteiger charge is -2.25. The van der Waals surface area contributed by atoms with E-state index in [0.29, 0.717) is 0 Å². The summed E-state index contributed by atoms with van der Waals surface area (Å²) < 4.78 is 0. The topological polar surface area (TPSA) is 49.3 Å². The molecule has 1 amide bonds. The van der Waals surface area contributed by atoms with Gasteiger partial charge in [-0.15, -0.1) is 11.3 Å². The highest BCUT2D eigenvalue weighted by Crippen LogP contribution is 2.24. The molecule has 0 aliphatic rings. The van der Waals surface area contributed by atoms with E-state index in [1.54, 1.807) is 6.92 Å². The van der Waals surface area contributed by atoms with Crippen LogP contribution in [0.25, 0.3) is 0 Å². The van der Waals surface area contributed by atoms with Crippen molar-refractivity contribution in [3.8, 4) is 0 Å². The first-order chi connectivity index (χ1) is 7.23. The molecule has 90 valence electrons. The monoisotopic (exact) mass is 241 g/mol. The van der Waals surface area contributed by atoms with Crippen molar-refractivity contribution in [2.24, 2.45) is 5.41 Å². The number of hydrogen-bond acceptors (Lipinski definition) is 3. The zero-order chi connectivity index (χ0) is 12.4. The predicted molar refractivity (Wildman–Crippen MR) is 66.4 cm³/mol. The van der Waals surface area contributed by atoms with E-state index in [-0.39, 0.29) is 12.5 Å². The van der Waals surface area contributed by atoms with Crippen LogP contribution in [-0.4, -0.2) is 17.6 Å². The van der Waals surface area contributed by atoms with E-state index in [4.69, 9.17) is 0 Å². The highest BCUT2D eigenvalue weighted by atomic mass is 32.1. The van der Waals surface area contributed by atoms with E-state index in [1.807, 2.05) is 38.3 Å². The molecule has 0 aliphatic heterocycles. The van der Waals surface area contributed by atoms with Gasteiger partial charge in [-0.25, -0.2) is 0 Å². The van der Waals surface area contributed by atoms with Crippen LogP contribution in [0.2, 0.25) is 0 Å². The zero-order valence-corrected chi connectivity index (χ0v) is 11.0. The molecule has 0 saturated carbocycles. The third-order valence-electron chi connectivity index (χ3n) is 2.33. The number of carbonyl (C=O) groups excluding carboxylic acids is 1. The molecule has 0 aliphatic carbocycles. The number of carbonyl (C=O) groups is 1. The molecule has 2 N–H and O–H groups in total. The molecule has 0 aromatic carbocycles. The third kappa shape index (κ3) is 3.32. The van der Waals surface area contributed by atoms with Gasteiger partial charge < -0.3 is 10.4 Å². The number of amides is 1. The van der Waals surface area contributed by atoms with E-state index in [2.05, 4.69) is 5.32 Å². The van der Waals surface area contributed by atoms with Crippen LogP contribution in [0.3, 0.4) is 0 Å². The molecule has 1 heterocycles. The maximum atomic E-state index is 11.7. The fourth-order valence-corrected chi connectivity index (χ4v) is 1.98. The van der Waals surface area contributed by atoms with Crippen molar-refractivity contribution < 1.29 is 9.90 Å². The highest BCUT2D eigenvalue weighted by molar-refractivity contribution is 7.10. The molecule has 0 saturated heterocycles. The van der Waals surface area contributed by atoms with Crippen molar-refractivity contribution in [3.63, 3.8) is 0 Å². The third-order valence-corrected chi connectivity index (χ3v) is 3.45. The Kier molecular flexibility index (Phi) is 3.76. The summed E-state index contributed by atoms with van der Waals surface area (Å²) in [6.45, 7) is 7.50. The molecule has 3 nitrogen and oxygen atoms in total. The Bertz CT molecular complexity index is 350. The summed E-state index contributed by atoms with van der Waals surface area (Å²) in [6, 6.07) is 3.76. The van der Waals surface area contributed by atoms with Gasteiger partial charge in [0, 0.05) is 10.3 Å². The first kappa shape index (κ1) is 13.2. The van der Waals surface area contributed by atoms with Crippen LogP contribution in [0.5, 0.6) is 0 Å². The van der Waals surface area contributed by atoms with Gasteiger partial charge in [0.05, 0.1) is 6.54 Å². The Morgan fingerprint density at radius 2 is 2.06 bits per heavy atom. The molecule has 0 unspecified atom stereocenters. The summed E-state index contributed by atoms with van der Waals surface area (Å²) in [7, 11) is 0. The first-order valence-corrected chi connectivity index (χ1v) is 6.16. The lowest BCUT2D eigenvalue weighted by atomic mass is 9.95. The van der Waals surface area contributed by atoms with Crippen LogP contribution < -0.4 is 5.32 Å². The minimum Gasteiger partial charge on any atom is -0.383 e. The van der Waals surface area contributed by atoms with Gasteiger partial charge in [0.1, 0.15) is 5.60 Å². The lowest BCUT2D eigenvalue weighted by Crippen LogP contribution is -2.42. The summed E-state index contributed by atoms with van der Waals surface area (Å²) in [5, 5.41) is 14.9. The van der Waals surface area contributed by atoms with Crippen LogP contribution >= 0.6 is 11.3 Å². The smallest absolute Gasteiger partial charge is 0.225 e. The molecule has 0 bridgehead atoms. The predicted octanol–water partition coefficient (Wildman–Crippen LogP) is 2.12. The van der Waals surface area contributed by atoms with Gasteiger partial charge in [0.15, 0.2) is 0 Å². The van der Waals surface area contributed by atoms with Crippen molar-refractivity contribution >= 4 is 17.2 Å². The Morgan fingerprint density at radius 3 is 2.50 bits per heavy atom. The van der Waals surface area contributed by atoms with E-state index in [9.17, 15) is 9.90 Å². The Labute approximate surface area is 100 Å². The normalized spacial score (nSPS) is 15.6. The molecule has 0 radical (unpaired) electrons. The number of rotatable bonds is 3. The van der Waals surface area contributed by atoms with Crippen LogP contribution in [0.15, 0.2) is 17.5 Å². The number of aliphatic hydroxyl groups is 1. The van der Waals surface area contributed by atoms with E-state index >= 15 is 0 Å². The average molecular weight is 241 g/mol. The van der Waals surface area contributed by atoms with E-state index in [0.717, 1.165) is 4.88 Å². The lowest BCUT2D eigenvalue weighted by molar-refractivity contribution is -0.129. The largest absolute Gasteiger partial charge is 0.383 e. The van der Waals surface area contributed by atoms with Gasteiger partial charge >= 0.3 is 0 Å². The van der Waals surface area contributed by atoms with Crippen molar-refractivity contribution in [2.75, 3.05) is 6.54 Å². The summed E-state index contributed by atoms with van der Waals surface area (Å²) in [5.41, 5.74) is -1.42. The molecule has 0 spiro atoms. The van der Waals surface area contributed by atoms with Gasteiger partial charge in [-0.2, -0.15) is 0 Å². The van der Waals surface area contributed by atoms with E-state index < -0.39 is 11.0 Å². The maximum absolute atomic E-state index is 11.7. The Hall–Kier alpha value is -0.870. The minimum atomic E-state index is -0.991. The second kappa shape index (κ2) is 4.55. The number of nitrogens with one attached hydrogen (secondary N) is 1. The second-order valence-electron chi connectivity index (χ2n) is 5.18. The van der Waals surface area contributed by atoms with Gasteiger partial charge in [0.2, 0.25) is 5.91 Å². The van der Waals surface area contributed by atoms with Gasteiger partial charge in [-0.1, -0.05) is 26.8 Å². The SMILES string of the molecule is CC(C)(C)C(=O)NC[C@](C)(O)c1cccs1. The van der Waals surface area contributed by atoms with Crippen molar-refractivity contribution in [2.45, 2.75) is 33.3 Å². The minimum absolute atomic E-state index is 0.0515. The first-order valence-electron chi connectivity index (χ1n) is 5.28. The fraction of sp³-hybridized carbons (Fsp3) is 0.583. The van der Waals surface area contributed by atoms with Crippen LogP contribution in [-0.2, 0) is 10.4 Å². The molecule has 1 aromatic heterocycles. The summed E-state index contributed by atoms with van der Waals surface area (Å²) in [5.74, 6) is -0.0515. The van der Waals surface area contributed by atoms with Crippen molar-refractivity contribution in [1.29, 1.82) is 0 Å². The molecular weight excluding hydrogens is 222 g/mol. The molecule has 0 fully saturated rings. The fourth-order valence-electron chi connectivity index (χ4n) is 1.19. The quantitative estimate of drug-likeness (QED) is 0.851. The van der Waals surface area contributed by atoms with Crippen molar-refractivity contribution in [3.05, 3.63) is 22.4 Å². The molecule has 4 heteroatoms. The molecule has 1 rings (SSSR count). The van der Waals surface area contributed by atoms with Crippen LogP contribution in [0, 0.1) is 5.41 Å². The summed E-state index contributed by atoms with van der Waals surface area (Å²) >= 11 is 1.49. The summed E-state index contributed by atoms with van der Waals surface area (Å²) in [4.78, 5) is 12.5. The molecule has 1 aromatic rings. The van der Waals surface area contributed by atoms with Gasteiger partial charge in [-0.3, -0.25) is 4.79 Å². The van der Waals surface area contributed by atoms with Gasteiger partial charge in [0.25, 0.3) is 0 Å². The number of hydrogen-bond donors (Lipinski definition) is 2. The standard InChI is InChI=1S/C12H19NO2S/c1-11(2,3)10(14)13-8-12(4,15)9-6-5-7-16-9/h5-7,15H,8H2,1-4H3,(H,13,14)/t12-/m0/s1. The summed E-state index contributed by atoms with van der Waals surface area (Å²) in [6.07, 6.45) is 0. The average Bonchev–Trinajstić information content (AvgIpc) is 2.65. The Morgan fingerprint density at radius 1 is 1.44 bits per heavy atom. The maximum Gasteiger partial charge on any atom is 0.225 e. The second-order valence-corrected chi connectivity index (χ2v) is 6.13. The molecular formula is C12H19NO2S. The Balaban J connectivity index is 2.59. The van der Waals surface area contributed by atoms with Crippen molar-refractivity contribution in [1.82, 2.24) is 5.32 Å². The highest BCUT2D eigenvalue weighted by Gasteiger charge is 2.28. The number of thiophene rings is 1. The molecule has 16 heavy (non-hydrogen) atoms. The van der Waals surface area contributed by atoms with Crippen LogP contribution in [0.1, 0.15) is 32.6 Å². The van der Waals surface area contributed by atoms with Gasteiger partial charge in [-0.05, 0) is 18.4 Å².